The van der Waals surface area contributed by atoms with Crippen LogP contribution in [0.1, 0.15) is 54.1 Å². The van der Waals surface area contributed by atoms with E-state index in [-0.39, 0.29) is 23.3 Å². The molecule has 2 aliphatic carbocycles. The molecule has 2 aliphatic rings. The van der Waals surface area contributed by atoms with Gasteiger partial charge in [0.15, 0.2) is 5.82 Å². The Bertz CT molecular complexity index is 990. The van der Waals surface area contributed by atoms with Gasteiger partial charge in [-0.25, -0.2) is 0 Å². The molecule has 1 heterocycles. The number of aromatic nitrogens is 2. The Morgan fingerprint density at radius 3 is 2.42 bits per heavy atom. The highest BCUT2D eigenvalue weighted by Gasteiger charge is 2.35. The number of nitrogens with two attached hydrogens (primary N) is 1. The lowest BCUT2D eigenvalue weighted by Gasteiger charge is -2.33. The second-order valence-corrected chi connectivity index (χ2v) is 8.19. The molecule has 1 amide bonds. The summed E-state index contributed by atoms with van der Waals surface area (Å²) in [5, 5.41) is 20.6. The Morgan fingerprint density at radius 2 is 1.84 bits per heavy atom. The average Bonchev–Trinajstić information content (AvgIpc) is 3.44. The number of hydrogen-bond acceptors (Lipinski definition) is 5. The molecular formula is C21H23F3N6O. The quantitative estimate of drug-likeness (QED) is 0.645. The minimum atomic E-state index is -4.43. The molecule has 164 valence electrons. The molecule has 0 spiro atoms. The van der Waals surface area contributed by atoms with Crippen molar-refractivity contribution in [3.05, 3.63) is 41.6 Å². The zero-order chi connectivity index (χ0) is 22.2. The summed E-state index contributed by atoms with van der Waals surface area (Å²) in [4.78, 5) is 11.9. The summed E-state index contributed by atoms with van der Waals surface area (Å²) in [5.74, 6) is -0.829. The van der Waals surface area contributed by atoms with Crippen molar-refractivity contribution in [3.8, 4) is 6.07 Å². The molecule has 0 radical (unpaired) electrons. The molecule has 2 aromatic rings. The maximum absolute atomic E-state index is 12.8. The first-order valence-electron chi connectivity index (χ1n) is 10.2. The lowest BCUT2D eigenvalue weighted by atomic mass is 9.82. The second-order valence-electron chi connectivity index (χ2n) is 8.19. The molecular weight excluding hydrogens is 409 g/mol. The highest BCUT2D eigenvalue weighted by molar-refractivity contribution is 5.98. The molecule has 1 aromatic carbocycles. The Morgan fingerprint density at radius 1 is 1.16 bits per heavy atom. The van der Waals surface area contributed by atoms with Gasteiger partial charge in [0.1, 0.15) is 5.56 Å². The van der Waals surface area contributed by atoms with Crippen molar-refractivity contribution >= 4 is 17.4 Å². The number of hydrogen-bond donors (Lipinski definition) is 3. The van der Waals surface area contributed by atoms with Crippen LogP contribution >= 0.6 is 0 Å². The van der Waals surface area contributed by atoms with Gasteiger partial charge in [0, 0.05) is 24.0 Å². The Balaban J connectivity index is 1.53. The van der Waals surface area contributed by atoms with E-state index < -0.39 is 17.6 Å². The summed E-state index contributed by atoms with van der Waals surface area (Å²) in [7, 11) is 0. The van der Waals surface area contributed by atoms with Gasteiger partial charge >= 0.3 is 6.18 Å². The van der Waals surface area contributed by atoms with Crippen LogP contribution in [-0.4, -0.2) is 27.8 Å². The first kappa shape index (κ1) is 21.2. The maximum Gasteiger partial charge on any atom is 0.416 e. The third-order valence-electron chi connectivity index (χ3n) is 5.84. The van der Waals surface area contributed by atoms with Crippen LogP contribution in [0.5, 0.6) is 0 Å². The third kappa shape index (κ3) is 4.82. The van der Waals surface area contributed by atoms with Crippen LogP contribution in [0.4, 0.5) is 24.7 Å². The molecule has 7 nitrogen and oxygen atoms in total. The van der Waals surface area contributed by atoms with Crippen LogP contribution in [0.2, 0.25) is 0 Å². The Kier molecular flexibility index (Phi) is 5.62. The Hall–Kier alpha value is -3.06. The standard InChI is InChI=1S/C21H23F3N6O/c22-21(23,24)13-1-3-15(4-2-13)28-20-17(19(26)31)11-30(29-20)18-8-7-16(9-12(18)10-25)27-14-5-6-14/h1-4,11-12,14,16,18,27H,5-9H2,(H2,26,31)(H,28,29). The highest BCUT2D eigenvalue weighted by atomic mass is 19.4. The van der Waals surface area contributed by atoms with Crippen LogP contribution in [0.25, 0.3) is 0 Å². The van der Waals surface area contributed by atoms with Gasteiger partial charge in [-0.2, -0.15) is 23.5 Å². The fourth-order valence-electron chi connectivity index (χ4n) is 4.06. The second kappa shape index (κ2) is 8.23. The van der Waals surface area contributed by atoms with Gasteiger partial charge in [0.25, 0.3) is 5.91 Å². The summed E-state index contributed by atoms with van der Waals surface area (Å²) in [6.07, 6.45) is 1.75. The van der Waals surface area contributed by atoms with Gasteiger partial charge < -0.3 is 16.4 Å². The zero-order valence-electron chi connectivity index (χ0n) is 16.7. The number of benzene rings is 1. The molecule has 0 saturated heterocycles. The molecule has 3 atom stereocenters. The van der Waals surface area contributed by atoms with Gasteiger partial charge in [-0.15, -0.1) is 0 Å². The van der Waals surface area contributed by atoms with Gasteiger partial charge in [-0.3, -0.25) is 9.48 Å². The summed E-state index contributed by atoms with van der Waals surface area (Å²) < 4.78 is 39.9. The summed E-state index contributed by atoms with van der Waals surface area (Å²) >= 11 is 0. The number of carbonyl (C=O) groups is 1. The number of amides is 1. The molecule has 0 aliphatic heterocycles. The molecule has 1 aromatic heterocycles. The average molecular weight is 432 g/mol. The monoisotopic (exact) mass is 432 g/mol. The van der Waals surface area contributed by atoms with Crippen molar-refractivity contribution in [2.45, 2.75) is 56.4 Å². The number of nitriles is 1. The summed E-state index contributed by atoms with van der Waals surface area (Å²) in [6, 6.07) is 7.43. The lowest BCUT2D eigenvalue weighted by molar-refractivity contribution is -0.137. The topological polar surface area (TPSA) is 109 Å². The SMILES string of the molecule is N#CC1CC(NC2CC2)CCC1n1cc(C(N)=O)c(Nc2ccc(C(F)(F)F)cc2)n1. The van der Waals surface area contributed by atoms with Gasteiger partial charge in [0.05, 0.1) is 23.6 Å². The molecule has 4 rings (SSSR count). The number of primary amides is 1. The van der Waals surface area contributed by atoms with Gasteiger partial charge in [0.2, 0.25) is 0 Å². The summed E-state index contributed by atoms with van der Waals surface area (Å²) in [5.41, 5.74) is 5.18. The van der Waals surface area contributed by atoms with E-state index >= 15 is 0 Å². The van der Waals surface area contributed by atoms with E-state index in [0.29, 0.717) is 24.2 Å². The zero-order valence-corrected chi connectivity index (χ0v) is 16.7. The predicted molar refractivity (Wildman–Crippen MR) is 107 cm³/mol. The minimum absolute atomic E-state index is 0.120. The molecule has 3 unspecified atom stereocenters. The smallest absolute Gasteiger partial charge is 0.365 e. The van der Waals surface area contributed by atoms with Crippen molar-refractivity contribution in [2.24, 2.45) is 11.7 Å². The van der Waals surface area contributed by atoms with E-state index in [9.17, 15) is 23.2 Å². The van der Waals surface area contributed by atoms with Gasteiger partial charge in [-0.1, -0.05) is 0 Å². The fourth-order valence-corrected chi connectivity index (χ4v) is 4.06. The number of alkyl halides is 3. The number of rotatable bonds is 6. The van der Waals surface area contributed by atoms with Crippen LogP contribution in [-0.2, 0) is 6.18 Å². The number of carbonyl (C=O) groups excluding carboxylic acids is 1. The van der Waals surface area contributed by atoms with Crippen molar-refractivity contribution in [1.29, 1.82) is 5.26 Å². The van der Waals surface area contributed by atoms with Crippen LogP contribution in [0, 0.1) is 17.2 Å². The number of halogens is 3. The number of nitrogens with one attached hydrogen (secondary N) is 2. The molecule has 10 heteroatoms. The molecule has 2 saturated carbocycles. The van der Waals surface area contributed by atoms with E-state index in [2.05, 4.69) is 21.8 Å². The van der Waals surface area contributed by atoms with Crippen LogP contribution < -0.4 is 16.4 Å². The minimum Gasteiger partial charge on any atom is -0.365 e. The largest absolute Gasteiger partial charge is 0.416 e. The first-order valence-corrected chi connectivity index (χ1v) is 10.2. The van der Waals surface area contributed by atoms with Crippen LogP contribution in [0.3, 0.4) is 0 Å². The third-order valence-corrected chi connectivity index (χ3v) is 5.84. The van der Waals surface area contributed by atoms with Crippen molar-refractivity contribution in [3.63, 3.8) is 0 Å². The fraction of sp³-hybridized carbons (Fsp3) is 0.476. The van der Waals surface area contributed by atoms with Crippen LogP contribution in [0.15, 0.2) is 30.5 Å². The lowest BCUT2D eigenvalue weighted by Crippen LogP contribution is -2.39. The Labute approximate surface area is 177 Å². The summed E-state index contributed by atoms with van der Waals surface area (Å²) in [6.45, 7) is 0. The molecule has 2 fully saturated rings. The number of nitrogens with zero attached hydrogens (tertiary/aromatic N) is 3. The van der Waals surface area contributed by atoms with E-state index in [1.807, 2.05) is 0 Å². The van der Waals surface area contributed by atoms with E-state index in [1.165, 1.54) is 31.2 Å². The van der Waals surface area contributed by atoms with E-state index in [4.69, 9.17) is 5.73 Å². The molecule has 0 bridgehead atoms. The van der Waals surface area contributed by atoms with E-state index in [0.717, 1.165) is 25.0 Å². The molecule has 4 N–H and O–H groups in total. The predicted octanol–water partition coefficient (Wildman–Crippen LogP) is 3.73. The van der Waals surface area contributed by atoms with Crippen molar-refractivity contribution in [1.82, 2.24) is 15.1 Å². The normalized spacial score (nSPS) is 23.9. The maximum atomic E-state index is 12.8. The molecule has 31 heavy (non-hydrogen) atoms. The highest BCUT2D eigenvalue weighted by Crippen LogP contribution is 2.36. The van der Waals surface area contributed by atoms with Crippen molar-refractivity contribution < 1.29 is 18.0 Å². The number of anilines is 2. The van der Waals surface area contributed by atoms with Crippen molar-refractivity contribution in [2.75, 3.05) is 5.32 Å². The van der Waals surface area contributed by atoms with Gasteiger partial charge in [-0.05, 0) is 56.4 Å². The van der Waals surface area contributed by atoms with E-state index in [1.54, 1.807) is 4.68 Å². The first-order chi connectivity index (χ1) is 14.7.